The van der Waals surface area contributed by atoms with Gasteiger partial charge < -0.3 is 16.0 Å². The summed E-state index contributed by atoms with van der Waals surface area (Å²) in [7, 11) is 0. The van der Waals surface area contributed by atoms with E-state index in [1.54, 1.807) is 6.07 Å². The number of benzene rings is 1. The number of thioether (sulfide) groups is 1. The summed E-state index contributed by atoms with van der Waals surface area (Å²) in [6.45, 7) is 1.63. The Hall–Kier alpha value is -2.26. The van der Waals surface area contributed by atoms with Crippen LogP contribution in [-0.4, -0.2) is 52.0 Å². The van der Waals surface area contributed by atoms with Crippen molar-refractivity contribution in [2.45, 2.75) is 18.0 Å². The van der Waals surface area contributed by atoms with Gasteiger partial charge in [-0.2, -0.15) is 0 Å². The molecule has 0 radical (unpaired) electrons. The Kier molecular flexibility index (Phi) is 6.00. The fourth-order valence-electron chi connectivity index (χ4n) is 2.69. The fourth-order valence-corrected chi connectivity index (χ4v) is 3.68. The maximum Gasteiger partial charge on any atom is 0.236 e. The Morgan fingerprint density at radius 1 is 1.23 bits per heavy atom. The molecule has 26 heavy (non-hydrogen) atoms. The lowest BCUT2D eigenvalue weighted by atomic mass is 10.3. The number of halogens is 1. The molecule has 0 atom stereocenters. The molecule has 2 heterocycles. The molecule has 0 aliphatic carbocycles. The van der Waals surface area contributed by atoms with E-state index in [4.69, 9.17) is 17.3 Å². The van der Waals surface area contributed by atoms with Crippen molar-refractivity contribution < 1.29 is 9.59 Å². The van der Waals surface area contributed by atoms with E-state index < -0.39 is 5.91 Å². The zero-order chi connectivity index (χ0) is 18.5. The lowest BCUT2D eigenvalue weighted by Crippen LogP contribution is -2.34. The first-order valence-electron chi connectivity index (χ1n) is 8.19. The Morgan fingerprint density at radius 3 is 2.65 bits per heavy atom. The van der Waals surface area contributed by atoms with Gasteiger partial charge in [-0.25, -0.2) is 0 Å². The minimum Gasteiger partial charge on any atom is -0.368 e. The van der Waals surface area contributed by atoms with Gasteiger partial charge in [0.1, 0.15) is 0 Å². The summed E-state index contributed by atoms with van der Waals surface area (Å²) in [6, 6.07) is 7.44. The normalized spacial score (nSPS) is 13.8. The van der Waals surface area contributed by atoms with Crippen LogP contribution in [0.15, 0.2) is 29.4 Å². The largest absolute Gasteiger partial charge is 0.368 e. The smallest absolute Gasteiger partial charge is 0.236 e. The third-order valence-corrected chi connectivity index (χ3v) is 5.14. The zero-order valence-corrected chi connectivity index (χ0v) is 15.6. The van der Waals surface area contributed by atoms with Crippen LogP contribution in [0.2, 0.25) is 5.02 Å². The van der Waals surface area contributed by atoms with Gasteiger partial charge in [-0.05, 0) is 25.0 Å². The van der Waals surface area contributed by atoms with Crippen molar-refractivity contribution in [2.75, 3.05) is 30.3 Å². The number of nitrogens with two attached hydrogens (primary N) is 1. The molecule has 0 bridgehead atoms. The maximum atomic E-state index is 11.9. The van der Waals surface area contributed by atoms with E-state index in [1.165, 1.54) is 11.8 Å². The molecule has 0 spiro atoms. The number of nitrogens with one attached hydrogen (secondary N) is 1. The highest BCUT2D eigenvalue weighted by Crippen LogP contribution is 2.31. The molecule has 10 heteroatoms. The van der Waals surface area contributed by atoms with E-state index in [-0.39, 0.29) is 18.2 Å². The van der Waals surface area contributed by atoms with Crippen LogP contribution in [0.1, 0.15) is 12.8 Å². The molecule has 1 aromatic heterocycles. The number of anilines is 1. The molecule has 138 valence electrons. The summed E-state index contributed by atoms with van der Waals surface area (Å²) in [5.41, 5.74) is 5.80. The summed E-state index contributed by atoms with van der Waals surface area (Å²) in [4.78, 5) is 24.8. The van der Waals surface area contributed by atoms with E-state index in [9.17, 15) is 9.59 Å². The topological polar surface area (TPSA) is 106 Å². The quantitative estimate of drug-likeness (QED) is 0.684. The number of hydrogen-bond acceptors (Lipinski definition) is 6. The average Bonchev–Trinajstić information content (AvgIpc) is 3.28. The SMILES string of the molecule is NC(=O)CNC(=O)CSc1nnc(N2CCCC2)n1-c1ccccc1Cl. The van der Waals surface area contributed by atoms with Crippen molar-refractivity contribution in [3.63, 3.8) is 0 Å². The summed E-state index contributed by atoms with van der Waals surface area (Å²) >= 11 is 7.61. The van der Waals surface area contributed by atoms with Crippen molar-refractivity contribution in [3.8, 4) is 5.69 Å². The number of rotatable bonds is 7. The van der Waals surface area contributed by atoms with Gasteiger partial charge in [0.25, 0.3) is 0 Å². The van der Waals surface area contributed by atoms with Crippen molar-refractivity contribution in [2.24, 2.45) is 5.73 Å². The highest BCUT2D eigenvalue weighted by atomic mass is 35.5. The Bertz CT molecular complexity index is 806. The first-order chi connectivity index (χ1) is 12.6. The Balaban J connectivity index is 1.84. The number of carbonyl (C=O) groups excluding carboxylic acids is 2. The molecule has 8 nitrogen and oxygen atoms in total. The van der Waals surface area contributed by atoms with Crippen molar-refractivity contribution >= 4 is 41.1 Å². The van der Waals surface area contributed by atoms with Gasteiger partial charge in [0.2, 0.25) is 17.8 Å². The van der Waals surface area contributed by atoms with Crippen LogP contribution in [0.5, 0.6) is 0 Å². The van der Waals surface area contributed by atoms with E-state index in [2.05, 4.69) is 20.4 Å². The molecule has 0 saturated carbocycles. The van der Waals surface area contributed by atoms with Crippen LogP contribution >= 0.6 is 23.4 Å². The first-order valence-corrected chi connectivity index (χ1v) is 9.55. The highest BCUT2D eigenvalue weighted by Gasteiger charge is 2.23. The second kappa shape index (κ2) is 8.41. The van der Waals surface area contributed by atoms with Crippen LogP contribution in [0.25, 0.3) is 5.69 Å². The predicted molar refractivity (Wildman–Crippen MR) is 101 cm³/mol. The molecule has 1 fully saturated rings. The number of primary amides is 1. The van der Waals surface area contributed by atoms with Crippen molar-refractivity contribution in [3.05, 3.63) is 29.3 Å². The summed E-state index contributed by atoms with van der Waals surface area (Å²) in [5, 5.41) is 12.2. The van der Waals surface area contributed by atoms with E-state index in [1.807, 2.05) is 22.8 Å². The Morgan fingerprint density at radius 2 is 1.96 bits per heavy atom. The van der Waals surface area contributed by atoms with Gasteiger partial charge >= 0.3 is 0 Å². The molecule has 1 saturated heterocycles. The molecule has 2 aromatic rings. The van der Waals surface area contributed by atoms with Crippen molar-refractivity contribution in [1.82, 2.24) is 20.1 Å². The summed E-state index contributed by atoms with van der Waals surface area (Å²) < 4.78 is 1.87. The highest BCUT2D eigenvalue weighted by molar-refractivity contribution is 7.99. The standard InChI is InChI=1S/C16H19ClN6O2S/c17-11-5-1-2-6-12(11)23-15(22-7-3-4-8-22)20-21-16(23)26-10-14(25)19-9-13(18)24/h1-2,5-6H,3-4,7-10H2,(H2,18,24)(H,19,25). The number of carbonyl (C=O) groups is 2. The summed E-state index contributed by atoms with van der Waals surface area (Å²) in [5.74, 6) is -0.0738. The predicted octanol–water partition coefficient (Wildman–Crippen LogP) is 1.21. The van der Waals surface area contributed by atoms with Gasteiger partial charge in [-0.15, -0.1) is 10.2 Å². The minimum absolute atomic E-state index is 0.0931. The molecular formula is C16H19ClN6O2S. The van der Waals surface area contributed by atoms with Crippen molar-refractivity contribution in [1.29, 1.82) is 0 Å². The van der Waals surface area contributed by atoms with Gasteiger partial charge in [0, 0.05) is 13.1 Å². The molecule has 1 aromatic carbocycles. The van der Waals surface area contributed by atoms with E-state index in [0.29, 0.717) is 10.2 Å². The van der Waals surface area contributed by atoms with Crippen LogP contribution in [0, 0.1) is 0 Å². The molecule has 1 aliphatic heterocycles. The Labute approximate surface area is 160 Å². The second-order valence-electron chi connectivity index (χ2n) is 5.80. The number of nitrogens with zero attached hydrogens (tertiary/aromatic N) is 4. The number of amides is 2. The van der Waals surface area contributed by atoms with Gasteiger partial charge in [-0.1, -0.05) is 35.5 Å². The van der Waals surface area contributed by atoms with Gasteiger partial charge in [0.05, 0.1) is 23.0 Å². The number of aromatic nitrogens is 3. The van der Waals surface area contributed by atoms with Crippen LogP contribution in [-0.2, 0) is 9.59 Å². The van der Waals surface area contributed by atoms with Crippen LogP contribution < -0.4 is 16.0 Å². The lowest BCUT2D eigenvalue weighted by molar-refractivity contribution is -0.123. The van der Waals surface area contributed by atoms with E-state index >= 15 is 0 Å². The molecule has 0 unspecified atom stereocenters. The average molecular weight is 395 g/mol. The molecular weight excluding hydrogens is 376 g/mol. The number of hydrogen-bond donors (Lipinski definition) is 2. The maximum absolute atomic E-state index is 11.9. The monoisotopic (exact) mass is 394 g/mol. The van der Waals surface area contributed by atoms with Gasteiger partial charge in [0.15, 0.2) is 5.16 Å². The third kappa shape index (κ3) is 4.28. The molecule has 1 aliphatic rings. The minimum atomic E-state index is -0.584. The second-order valence-corrected chi connectivity index (χ2v) is 7.14. The van der Waals surface area contributed by atoms with Gasteiger partial charge in [-0.3, -0.25) is 14.2 Å². The fraction of sp³-hybridized carbons (Fsp3) is 0.375. The van der Waals surface area contributed by atoms with Crippen LogP contribution in [0.3, 0.4) is 0 Å². The molecule has 3 rings (SSSR count). The van der Waals surface area contributed by atoms with E-state index in [0.717, 1.165) is 37.6 Å². The molecule has 3 N–H and O–H groups in total. The lowest BCUT2D eigenvalue weighted by Gasteiger charge is -2.19. The zero-order valence-electron chi connectivity index (χ0n) is 14.0. The molecule has 2 amide bonds. The first kappa shape index (κ1) is 18.5. The number of para-hydroxylation sites is 1. The van der Waals surface area contributed by atoms with Crippen LogP contribution in [0.4, 0.5) is 5.95 Å². The third-order valence-electron chi connectivity index (χ3n) is 3.89. The summed E-state index contributed by atoms with van der Waals surface area (Å²) in [6.07, 6.45) is 2.21.